The molecule has 1 fully saturated rings. The molecule has 106 valence electrons. The average Bonchev–Trinajstić information content (AvgIpc) is 2.98. The second-order valence-electron chi connectivity index (χ2n) is 5.26. The SMILES string of the molecule is CCc1ccc(C(=O)CN(Cc2cccs2)C2CC2)s1. The van der Waals surface area contributed by atoms with Crippen LogP contribution in [0.1, 0.15) is 39.2 Å². The highest BCUT2D eigenvalue weighted by molar-refractivity contribution is 7.14. The summed E-state index contributed by atoms with van der Waals surface area (Å²) in [5, 5.41) is 2.11. The van der Waals surface area contributed by atoms with E-state index in [1.807, 2.05) is 6.07 Å². The zero-order valence-electron chi connectivity index (χ0n) is 11.7. The number of thiophene rings is 2. The number of Topliss-reactive ketones (excluding diaryl/α,β-unsaturated/α-hetero) is 1. The molecule has 0 amide bonds. The molecule has 3 rings (SSSR count). The maximum atomic E-state index is 12.4. The zero-order valence-corrected chi connectivity index (χ0v) is 13.3. The zero-order chi connectivity index (χ0) is 13.9. The number of hydrogen-bond acceptors (Lipinski definition) is 4. The summed E-state index contributed by atoms with van der Waals surface area (Å²) < 4.78 is 0. The van der Waals surface area contributed by atoms with Gasteiger partial charge < -0.3 is 0 Å². The van der Waals surface area contributed by atoms with E-state index in [1.54, 1.807) is 22.7 Å². The molecular weight excluding hydrogens is 286 g/mol. The molecule has 2 nitrogen and oxygen atoms in total. The summed E-state index contributed by atoms with van der Waals surface area (Å²) in [4.78, 5) is 18.3. The number of aryl methyl sites for hydroxylation is 1. The Labute approximate surface area is 128 Å². The van der Waals surface area contributed by atoms with Gasteiger partial charge in [0.2, 0.25) is 0 Å². The Hall–Kier alpha value is -0.970. The Balaban J connectivity index is 1.65. The highest BCUT2D eigenvalue weighted by atomic mass is 32.1. The molecule has 2 aromatic rings. The maximum absolute atomic E-state index is 12.4. The lowest BCUT2D eigenvalue weighted by molar-refractivity contribution is 0.0924. The third kappa shape index (κ3) is 3.37. The number of carbonyl (C=O) groups is 1. The normalized spacial score (nSPS) is 14.9. The first-order valence-electron chi connectivity index (χ1n) is 7.14. The topological polar surface area (TPSA) is 20.3 Å². The minimum atomic E-state index is 0.276. The quantitative estimate of drug-likeness (QED) is 0.714. The summed E-state index contributed by atoms with van der Waals surface area (Å²) >= 11 is 3.43. The standard InChI is InChI=1S/C16H19NOS2/c1-2-13-7-8-16(20-13)15(18)11-17(12-5-6-12)10-14-4-3-9-19-14/h3-4,7-9,12H,2,5-6,10-11H2,1H3. The minimum Gasteiger partial charge on any atom is -0.292 e. The molecule has 0 radical (unpaired) electrons. The summed E-state index contributed by atoms with van der Waals surface area (Å²) in [6, 6.07) is 8.93. The van der Waals surface area contributed by atoms with Gasteiger partial charge in [-0.2, -0.15) is 0 Å². The first kappa shape index (κ1) is 14.0. The number of ketones is 1. The van der Waals surface area contributed by atoms with Crippen LogP contribution in [0, 0.1) is 0 Å². The van der Waals surface area contributed by atoms with Crippen LogP contribution in [-0.4, -0.2) is 23.3 Å². The summed E-state index contributed by atoms with van der Waals surface area (Å²) in [6.45, 7) is 3.61. The number of nitrogens with zero attached hydrogens (tertiary/aromatic N) is 1. The second kappa shape index (κ2) is 6.20. The van der Waals surface area contributed by atoms with Crippen LogP contribution in [0.15, 0.2) is 29.6 Å². The third-order valence-corrected chi connectivity index (χ3v) is 5.77. The molecule has 0 N–H and O–H groups in total. The summed E-state index contributed by atoms with van der Waals surface area (Å²) in [5.41, 5.74) is 0. The van der Waals surface area contributed by atoms with E-state index in [1.165, 1.54) is 22.6 Å². The van der Waals surface area contributed by atoms with E-state index in [0.717, 1.165) is 17.8 Å². The molecular formula is C16H19NOS2. The molecule has 0 aliphatic heterocycles. The molecule has 0 aromatic carbocycles. The van der Waals surface area contributed by atoms with E-state index in [4.69, 9.17) is 0 Å². The van der Waals surface area contributed by atoms with Gasteiger partial charge in [-0.3, -0.25) is 9.69 Å². The molecule has 1 aliphatic rings. The highest BCUT2D eigenvalue weighted by Gasteiger charge is 2.30. The predicted molar refractivity (Wildman–Crippen MR) is 85.8 cm³/mol. The largest absolute Gasteiger partial charge is 0.292 e. The lowest BCUT2D eigenvalue weighted by Gasteiger charge is -2.19. The smallest absolute Gasteiger partial charge is 0.186 e. The molecule has 0 unspecified atom stereocenters. The van der Waals surface area contributed by atoms with E-state index in [0.29, 0.717) is 12.6 Å². The molecule has 2 heterocycles. The van der Waals surface area contributed by atoms with Gasteiger partial charge in [0.15, 0.2) is 5.78 Å². The lowest BCUT2D eigenvalue weighted by atomic mass is 10.2. The van der Waals surface area contributed by atoms with E-state index in [9.17, 15) is 4.79 Å². The van der Waals surface area contributed by atoms with Crippen molar-refractivity contribution in [3.8, 4) is 0 Å². The van der Waals surface area contributed by atoms with Crippen LogP contribution in [0.5, 0.6) is 0 Å². The molecule has 0 atom stereocenters. The third-order valence-electron chi connectivity index (χ3n) is 3.63. The van der Waals surface area contributed by atoms with Crippen LogP contribution in [0.4, 0.5) is 0 Å². The Morgan fingerprint density at radius 3 is 2.75 bits per heavy atom. The van der Waals surface area contributed by atoms with Crippen LogP contribution in [-0.2, 0) is 13.0 Å². The molecule has 1 aliphatic carbocycles. The minimum absolute atomic E-state index is 0.276. The fourth-order valence-corrected chi connectivity index (χ4v) is 3.94. The van der Waals surface area contributed by atoms with Crippen LogP contribution < -0.4 is 0 Å². The van der Waals surface area contributed by atoms with Crippen LogP contribution in [0.2, 0.25) is 0 Å². The molecule has 4 heteroatoms. The molecule has 0 bridgehead atoms. The summed E-state index contributed by atoms with van der Waals surface area (Å²) in [5.74, 6) is 0.276. The number of hydrogen-bond donors (Lipinski definition) is 0. The van der Waals surface area contributed by atoms with Crippen molar-refractivity contribution >= 4 is 28.5 Å². The van der Waals surface area contributed by atoms with Crippen molar-refractivity contribution in [3.05, 3.63) is 44.3 Å². The van der Waals surface area contributed by atoms with E-state index in [-0.39, 0.29) is 5.78 Å². The van der Waals surface area contributed by atoms with E-state index < -0.39 is 0 Å². The fourth-order valence-electron chi connectivity index (χ4n) is 2.34. The molecule has 0 saturated heterocycles. The van der Waals surface area contributed by atoms with Gasteiger partial charge in [-0.25, -0.2) is 0 Å². The van der Waals surface area contributed by atoms with Crippen LogP contribution >= 0.6 is 22.7 Å². The van der Waals surface area contributed by atoms with Crippen molar-refractivity contribution in [2.75, 3.05) is 6.54 Å². The van der Waals surface area contributed by atoms with Gasteiger partial charge in [-0.15, -0.1) is 22.7 Å². The maximum Gasteiger partial charge on any atom is 0.186 e. The molecule has 20 heavy (non-hydrogen) atoms. The number of rotatable bonds is 7. The van der Waals surface area contributed by atoms with Crippen LogP contribution in [0.25, 0.3) is 0 Å². The Morgan fingerprint density at radius 1 is 1.30 bits per heavy atom. The van der Waals surface area contributed by atoms with Gasteiger partial charge in [-0.1, -0.05) is 13.0 Å². The van der Waals surface area contributed by atoms with Crippen molar-refractivity contribution in [3.63, 3.8) is 0 Å². The Bertz CT molecular complexity index is 569. The Morgan fingerprint density at radius 2 is 2.15 bits per heavy atom. The van der Waals surface area contributed by atoms with Gasteiger partial charge in [0.25, 0.3) is 0 Å². The van der Waals surface area contributed by atoms with Gasteiger partial charge in [0.1, 0.15) is 0 Å². The monoisotopic (exact) mass is 305 g/mol. The fraction of sp³-hybridized carbons (Fsp3) is 0.438. The summed E-state index contributed by atoms with van der Waals surface area (Å²) in [6.07, 6.45) is 3.49. The van der Waals surface area contributed by atoms with Crippen molar-refractivity contribution in [2.45, 2.75) is 38.8 Å². The van der Waals surface area contributed by atoms with Crippen molar-refractivity contribution in [2.24, 2.45) is 0 Å². The highest BCUT2D eigenvalue weighted by Crippen LogP contribution is 2.29. The molecule has 1 saturated carbocycles. The van der Waals surface area contributed by atoms with Crippen molar-refractivity contribution in [1.82, 2.24) is 4.90 Å². The Kier molecular flexibility index (Phi) is 4.34. The van der Waals surface area contributed by atoms with Crippen LogP contribution in [0.3, 0.4) is 0 Å². The van der Waals surface area contributed by atoms with Gasteiger partial charge in [0.05, 0.1) is 11.4 Å². The second-order valence-corrected chi connectivity index (χ2v) is 7.46. The lowest BCUT2D eigenvalue weighted by Crippen LogP contribution is -2.30. The molecule has 2 aromatic heterocycles. The predicted octanol–water partition coefficient (Wildman–Crippen LogP) is 4.22. The van der Waals surface area contributed by atoms with Crippen molar-refractivity contribution < 1.29 is 4.79 Å². The van der Waals surface area contributed by atoms with E-state index >= 15 is 0 Å². The van der Waals surface area contributed by atoms with Crippen molar-refractivity contribution in [1.29, 1.82) is 0 Å². The molecule has 0 spiro atoms. The average molecular weight is 305 g/mol. The van der Waals surface area contributed by atoms with Gasteiger partial charge in [0, 0.05) is 22.3 Å². The van der Waals surface area contributed by atoms with E-state index in [2.05, 4.69) is 35.4 Å². The first-order valence-corrected chi connectivity index (χ1v) is 8.84. The first-order chi connectivity index (χ1) is 9.76. The van der Waals surface area contributed by atoms with Gasteiger partial charge >= 0.3 is 0 Å². The summed E-state index contributed by atoms with van der Waals surface area (Å²) in [7, 11) is 0. The number of carbonyl (C=O) groups excluding carboxylic acids is 1. The van der Waals surface area contributed by atoms with Gasteiger partial charge in [-0.05, 0) is 42.8 Å².